The quantitative estimate of drug-likeness (QED) is 0.713. The Kier molecular flexibility index (Phi) is 6.41. The zero-order chi connectivity index (χ0) is 12.0. The van der Waals surface area contributed by atoms with Gasteiger partial charge in [0.2, 0.25) is 0 Å². The van der Waals surface area contributed by atoms with Crippen LogP contribution in [0.15, 0.2) is 0 Å². The Morgan fingerprint density at radius 1 is 1.19 bits per heavy atom. The number of hydrogen-bond donors (Lipinski definition) is 1. The first kappa shape index (κ1) is 14.0. The van der Waals surface area contributed by atoms with Crippen molar-refractivity contribution in [1.82, 2.24) is 5.32 Å². The van der Waals surface area contributed by atoms with E-state index in [2.05, 4.69) is 33.0 Å². The van der Waals surface area contributed by atoms with Gasteiger partial charge in [-0.3, -0.25) is 0 Å². The fourth-order valence-corrected chi connectivity index (χ4v) is 3.49. The molecule has 0 heterocycles. The fourth-order valence-electron chi connectivity index (χ4n) is 3.49. The first-order valence-corrected chi connectivity index (χ1v) is 7.40. The Balaban J connectivity index is 2.41. The normalized spacial score (nSPS) is 28.3. The predicted molar refractivity (Wildman–Crippen MR) is 72.7 cm³/mol. The lowest BCUT2D eigenvalue weighted by atomic mass is 9.74. The summed E-state index contributed by atoms with van der Waals surface area (Å²) in [5.41, 5.74) is 0. The standard InChI is InChI=1S/C15H31N/c1-5-15(16-6-2)14-9-7-8-13(11-14)10-12(3)4/h12-16H,5-11H2,1-4H3. The van der Waals surface area contributed by atoms with Crippen LogP contribution in [0.4, 0.5) is 0 Å². The molecule has 3 atom stereocenters. The summed E-state index contributed by atoms with van der Waals surface area (Å²) in [7, 11) is 0. The van der Waals surface area contributed by atoms with Crippen LogP contribution < -0.4 is 5.32 Å². The van der Waals surface area contributed by atoms with Gasteiger partial charge in [-0.15, -0.1) is 0 Å². The molecule has 0 amide bonds. The Morgan fingerprint density at radius 3 is 2.50 bits per heavy atom. The summed E-state index contributed by atoms with van der Waals surface area (Å²) in [5, 5.41) is 3.68. The van der Waals surface area contributed by atoms with Crippen molar-refractivity contribution in [2.45, 2.75) is 72.3 Å². The first-order valence-electron chi connectivity index (χ1n) is 7.40. The maximum Gasteiger partial charge on any atom is 0.00926 e. The Bertz CT molecular complexity index is 176. The second-order valence-electron chi connectivity index (χ2n) is 5.99. The molecule has 96 valence electrons. The van der Waals surface area contributed by atoms with Crippen LogP contribution in [0, 0.1) is 17.8 Å². The van der Waals surface area contributed by atoms with Gasteiger partial charge < -0.3 is 5.32 Å². The SMILES string of the molecule is CCNC(CC)C1CCCC(CC(C)C)C1. The van der Waals surface area contributed by atoms with Crippen LogP contribution >= 0.6 is 0 Å². The molecule has 0 saturated heterocycles. The molecular formula is C15H31N. The minimum Gasteiger partial charge on any atom is -0.314 e. The van der Waals surface area contributed by atoms with Gasteiger partial charge in [-0.25, -0.2) is 0 Å². The summed E-state index contributed by atoms with van der Waals surface area (Å²) in [6.45, 7) is 10.4. The molecule has 0 aliphatic heterocycles. The lowest BCUT2D eigenvalue weighted by Crippen LogP contribution is -2.38. The number of hydrogen-bond acceptors (Lipinski definition) is 1. The average Bonchev–Trinajstić information content (AvgIpc) is 2.25. The van der Waals surface area contributed by atoms with Crippen LogP contribution in [0.5, 0.6) is 0 Å². The average molecular weight is 225 g/mol. The second kappa shape index (κ2) is 7.32. The molecule has 16 heavy (non-hydrogen) atoms. The van der Waals surface area contributed by atoms with Crippen LogP contribution in [0.2, 0.25) is 0 Å². The maximum atomic E-state index is 3.68. The van der Waals surface area contributed by atoms with Crippen LogP contribution in [0.25, 0.3) is 0 Å². The van der Waals surface area contributed by atoms with Crippen LogP contribution in [-0.2, 0) is 0 Å². The Hall–Kier alpha value is -0.0400. The van der Waals surface area contributed by atoms with E-state index in [4.69, 9.17) is 0 Å². The minimum absolute atomic E-state index is 0.778. The second-order valence-corrected chi connectivity index (χ2v) is 5.99. The fraction of sp³-hybridized carbons (Fsp3) is 1.00. The van der Waals surface area contributed by atoms with Crippen molar-refractivity contribution in [2.24, 2.45) is 17.8 Å². The molecule has 1 aliphatic rings. The molecular weight excluding hydrogens is 194 g/mol. The first-order chi connectivity index (χ1) is 7.67. The van der Waals surface area contributed by atoms with Crippen molar-refractivity contribution in [2.75, 3.05) is 6.54 Å². The van der Waals surface area contributed by atoms with Gasteiger partial charge in [0.05, 0.1) is 0 Å². The number of nitrogens with one attached hydrogen (secondary N) is 1. The smallest absolute Gasteiger partial charge is 0.00926 e. The van der Waals surface area contributed by atoms with Crippen molar-refractivity contribution >= 4 is 0 Å². The molecule has 0 radical (unpaired) electrons. The lowest BCUT2D eigenvalue weighted by molar-refractivity contribution is 0.191. The summed E-state index contributed by atoms with van der Waals surface area (Å²) in [5.74, 6) is 2.83. The third kappa shape index (κ3) is 4.45. The van der Waals surface area contributed by atoms with Gasteiger partial charge in [-0.2, -0.15) is 0 Å². The highest BCUT2D eigenvalue weighted by molar-refractivity contribution is 4.82. The largest absolute Gasteiger partial charge is 0.314 e. The van der Waals surface area contributed by atoms with Crippen molar-refractivity contribution in [3.8, 4) is 0 Å². The third-order valence-corrected chi connectivity index (χ3v) is 4.10. The molecule has 1 nitrogen and oxygen atoms in total. The summed E-state index contributed by atoms with van der Waals surface area (Å²) in [6.07, 6.45) is 8.62. The van der Waals surface area contributed by atoms with E-state index in [9.17, 15) is 0 Å². The van der Waals surface area contributed by atoms with Gasteiger partial charge in [0.15, 0.2) is 0 Å². The van der Waals surface area contributed by atoms with Crippen molar-refractivity contribution in [1.29, 1.82) is 0 Å². The van der Waals surface area contributed by atoms with Crippen molar-refractivity contribution < 1.29 is 0 Å². The van der Waals surface area contributed by atoms with E-state index < -0.39 is 0 Å². The molecule has 0 bridgehead atoms. The monoisotopic (exact) mass is 225 g/mol. The molecule has 0 aromatic heterocycles. The number of rotatable bonds is 6. The maximum absolute atomic E-state index is 3.68. The molecule has 1 aliphatic carbocycles. The summed E-state index contributed by atoms with van der Waals surface area (Å²) < 4.78 is 0. The zero-order valence-corrected chi connectivity index (χ0v) is 11.8. The van der Waals surface area contributed by atoms with E-state index >= 15 is 0 Å². The highest BCUT2D eigenvalue weighted by Crippen LogP contribution is 2.35. The van der Waals surface area contributed by atoms with Gasteiger partial charge in [-0.1, -0.05) is 40.5 Å². The zero-order valence-electron chi connectivity index (χ0n) is 11.8. The highest BCUT2D eigenvalue weighted by Gasteiger charge is 2.27. The minimum atomic E-state index is 0.778. The summed E-state index contributed by atoms with van der Waals surface area (Å²) in [4.78, 5) is 0. The van der Waals surface area contributed by atoms with Gasteiger partial charge in [-0.05, 0) is 50.0 Å². The van der Waals surface area contributed by atoms with Crippen LogP contribution in [0.3, 0.4) is 0 Å². The van der Waals surface area contributed by atoms with E-state index in [1.807, 2.05) is 0 Å². The van der Waals surface area contributed by atoms with Crippen LogP contribution in [0.1, 0.15) is 66.2 Å². The summed E-state index contributed by atoms with van der Waals surface area (Å²) >= 11 is 0. The van der Waals surface area contributed by atoms with E-state index in [-0.39, 0.29) is 0 Å². The van der Waals surface area contributed by atoms with Crippen molar-refractivity contribution in [3.63, 3.8) is 0 Å². The van der Waals surface area contributed by atoms with E-state index in [1.165, 1.54) is 38.5 Å². The molecule has 1 saturated carbocycles. The topological polar surface area (TPSA) is 12.0 Å². The Morgan fingerprint density at radius 2 is 1.94 bits per heavy atom. The van der Waals surface area contributed by atoms with Gasteiger partial charge in [0, 0.05) is 6.04 Å². The van der Waals surface area contributed by atoms with Gasteiger partial charge in [0.25, 0.3) is 0 Å². The molecule has 0 aromatic carbocycles. The molecule has 1 rings (SSSR count). The third-order valence-electron chi connectivity index (χ3n) is 4.10. The Labute approximate surface area is 102 Å². The van der Waals surface area contributed by atoms with Crippen LogP contribution in [-0.4, -0.2) is 12.6 Å². The molecule has 1 fully saturated rings. The van der Waals surface area contributed by atoms with E-state index in [0.717, 1.165) is 30.3 Å². The predicted octanol–water partition coefficient (Wildman–Crippen LogP) is 4.23. The van der Waals surface area contributed by atoms with Crippen molar-refractivity contribution in [3.05, 3.63) is 0 Å². The highest BCUT2D eigenvalue weighted by atomic mass is 14.9. The molecule has 1 N–H and O–H groups in total. The summed E-state index contributed by atoms with van der Waals surface area (Å²) in [6, 6.07) is 0.778. The van der Waals surface area contributed by atoms with E-state index in [1.54, 1.807) is 0 Å². The molecule has 0 spiro atoms. The van der Waals surface area contributed by atoms with Gasteiger partial charge >= 0.3 is 0 Å². The molecule has 3 unspecified atom stereocenters. The van der Waals surface area contributed by atoms with Gasteiger partial charge in [0.1, 0.15) is 0 Å². The molecule has 1 heteroatoms. The molecule has 0 aromatic rings. The van der Waals surface area contributed by atoms with E-state index in [0.29, 0.717) is 0 Å². The lowest BCUT2D eigenvalue weighted by Gasteiger charge is -2.35.